The second kappa shape index (κ2) is 4.46. The van der Waals surface area contributed by atoms with E-state index in [1.807, 2.05) is 18.2 Å². The van der Waals surface area contributed by atoms with Gasteiger partial charge in [-0.2, -0.15) is 0 Å². The van der Waals surface area contributed by atoms with Crippen molar-refractivity contribution in [1.29, 1.82) is 0 Å². The third-order valence-corrected chi connectivity index (χ3v) is 1.77. The molecule has 0 aliphatic heterocycles. The van der Waals surface area contributed by atoms with Gasteiger partial charge in [0, 0.05) is 5.70 Å². The Labute approximate surface area is 83.1 Å². The van der Waals surface area contributed by atoms with Crippen LogP contribution in [-0.4, -0.2) is 11.1 Å². The van der Waals surface area contributed by atoms with Crippen LogP contribution in [0.5, 0.6) is 0 Å². The Hall–Kier alpha value is -1.77. The molecule has 0 aliphatic rings. The van der Waals surface area contributed by atoms with Gasteiger partial charge in [-0.05, 0) is 12.5 Å². The van der Waals surface area contributed by atoms with Crippen molar-refractivity contribution in [1.82, 2.24) is 5.32 Å². The fourth-order valence-corrected chi connectivity index (χ4v) is 1.18. The van der Waals surface area contributed by atoms with Gasteiger partial charge in [0.05, 0.1) is 0 Å². The highest BCUT2D eigenvalue weighted by Gasteiger charge is 2.18. The molecule has 0 fully saturated rings. The van der Waals surface area contributed by atoms with E-state index in [1.54, 1.807) is 19.1 Å². The predicted molar refractivity (Wildman–Crippen MR) is 54.8 cm³/mol. The van der Waals surface area contributed by atoms with E-state index < -0.39 is 12.0 Å². The quantitative estimate of drug-likeness (QED) is 0.764. The summed E-state index contributed by atoms with van der Waals surface area (Å²) < 4.78 is 0. The summed E-state index contributed by atoms with van der Waals surface area (Å²) in [5.74, 6) is -0.904. The molecule has 74 valence electrons. The Morgan fingerprint density at radius 1 is 1.43 bits per heavy atom. The summed E-state index contributed by atoms with van der Waals surface area (Å²) in [5.41, 5.74) is 1.37. The molecule has 1 aromatic carbocycles. The Bertz CT molecular complexity index is 332. The van der Waals surface area contributed by atoms with Crippen molar-refractivity contribution in [2.45, 2.75) is 13.0 Å². The third kappa shape index (κ3) is 2.62. The molecule has 0 aromatic heterocycles. The summed E-state index contributed by atoms with van der Waals surface area (Å²) in [6, 6.07) is 8.30. The SMILES string of the molecule is C=C(C)NC(C(=O)O)c1ccccc1. The normalized spacial score (nSPS) is 11.8. The zero-order valence-corrected chi connectivity index (χ0v) is 8.03. The smallest absolute Gasteiger partial charge is 0.330 e. The Morgan fingerprint density at radius 2 is 2.00 bits per heavy atom. The van der Waals surface area contributed by atoms with Crippen LogP contribution in [0, 0.1) is 0 Å². The van der Waals surface area contributed by atoms with Gasteiger partial charge >= 0.3 is 5.97 Å². The van der Waals surface area contributed by atoms with Crippen LogP contribution in [-0.2, 0) is 4.79 Å². The first-order valence-corrected chi connectivity index (χ1v) is 4.31. The highest BCUT2D eigenvalue weighted by Crippen LogP contribution is 2.13. The topological polar surface area (TPSA) is 49.3 Å². The van der Waals surface area contributed by atoms with Crippen molar-refractivity contribution < 1.29 is 9.90 Å². The van der Waals surface area contributed by atoms with E-state index in [0.29, 0.717) is 5.70 Å². The maximum atomic E-state index is 10.9. The van der Waals surface area contributed by atoms with E-state index >= 15 is 0 Å². The van der Waals surface area contributed by atoms with Gasteiger partial charge in [0.1, 0.15) is 6.04 Å². The number of allylic oxidation sites excluding steroid dienone is 1. The van der Waals surface area contributed by atoms with Crippen molar-refractivity contribution in [3.8, 4) is 0 Å². The first-order chi connectivity index (χ1) is 6.61. The van der Waals surface area contributed by atoms with Crippen molar-refractivity contribution >= 4 is 5.97 Å². The second-order valence-electron chi connectivity index (χ2n) is 3.11. The number of carbonyl (C=O) groups is 1. The molecule has 1 rings (SSSR count). The number of benzene rings is 1. The van der Waals surface area contributed by atoms with Gasteiger partial charge in [-0.3, -0.25) is 0 Å². The predicted octanol–water partition coefficient (Wildman–Crippen LogP) is 1.94. The minimum Gasteiger partial charge on any atom is -0.479 e. The average molecular weight is 191 g/mol. The molecule has 2 N–H and O–H groups in total. The van der Waals surface area contributed by atoms with Gasteiger partial charge in [0.2, 0.25) is 0 Å². The van der Waals surface area contributed by atoms with Crippen LogP contribution in [0.3, 0.4) is 0 Å². The molecule has 1 atom stereocenters. The summed E-state index contributed by atoms with van der Waals surface area (Å²) >= 11 is 0. The van der Waals surface area contributed by atoms with E-state index in [0.717, 1.165) is 5.56 Å². The van der Waals surface area contributed by atoms with Gasteiger partial charge in [-0.15, -0.1) is 0 Å². The van der Waals surface area contributed by atoms with Gasteiger partial charge < -0.3 is 10.4 Å². The minimum absolute atomic E-state index is 0.640. The molecule has 0 bridgehead atoms. The molecule has 3 heteroatoms. The van der Waals surface area contributed by atoms with E-state index in [9.17, 15) is 4.79 Å². The number of nitrogens with one attached hydrogen (secondary N) is 1. The lowest BCUT2D eigenvalue weighted by Gasteiger charge is -2.15. The average Bonchev–Trinajstić information content (AvgIpc) is 2.15. The molecule has 0 spiro atoms. The monoisotopic (exact) mass is 191 g/mol. The Kier molecular flexibility index (Phi) is 3.29. The Balaban J connectivity index is 2.89. The van der Waals surface area contributed by atoms with Crippen LogP contribution in [0.15, 0.2) is 42.6 Å². The van der Waals surface area contributed by atoms with E-state index in [-0.39, 0.29) is 0 Å². The van der Waals surface area contributed by atoms with Crippen LogP contribution in [0.2, 0.25) is 0 Å². The molecule has 0 amide bonds. The number of rotatable bonds is 4. The number of hydrogen-bond acceptors (Lipinski definition) is 2. The lowest BCUT2D eigenvalue weighted by Crippen LogP contribution is -2.26. The molecule has 0 radical (unpaired) electrons. The molecule has 0 saturated heterocycles. The summed E-state index contributed by atoms with van der Waals surface area (Å²) in [6.45, 7) is 5.36. The molecule has 1 aromatic rings. The van der Waals surface area contributed by atoms with Gasteiger partial charge in [0.25, 0.3) is 0 Å². The van der Waals surface area contributed by atoms with E-state index in [4.69, 9.17) is 5.11 Å². The van der Waals surface area contributed by atoms with Crippen LogP contribution in [0.1, 0.15) is 18.5 Å². The lowest BCUT2D eigenvalue weighted by molar-refractivity contribution is -0.139. The maximum Gasteiger partial charge on any atom is 0.330 e. The fraction of sp³-hybridized carbons (Fsp3) is 0.182. The van der Waals surface area contributed by atoms with Crippen LogP contribution in [0.4, 0.5) is 0 Å². The van der Waals surface area contributed by atoms with Crippen molar-refractivity contribution in [2.75, 3.05) is 0 Å². The largest absolute Gasteiger partial charge is 0.479 e. The number of aliphatic carboxylic acids is 1. The van der Waals surface area contributed by atoms with Gasteiger partial charge in [-0.25, -0.2) is 4.79 Å². The molecule has 0 aliphatic carbocycles. The Morgan fingerprint density at radius 3 is 2.43 bits per heavy atom. The lowest BCUT2D eigenvalue weighted by atomic mass is 10.1. The van der Waals surface area contributed by atoms with Crippen LogP contribution < -0.4 is 5.32 Å². The highest BCUT2D eigenvalue weighted by molar-refractivity contribution is 5.75. The summed E-state index contributed by atoms with van der Waals surface area (Å²) in [7, 11) is 0. The molecule has 14 heavy (non-hydrogen) atoms. The standard InChI is InChI=1S/C11H13NO2/c1-8(2)12-10(11(13)14)9-6-4-3-5-7-9/h3-7,10,12H,1H2,2H3,(H,13,14). The number of carboxylic acids is 1. The summed E-state index contributed by atoms with van der Waals surface area (Å²) in [4.78, 5) is 10.9. The van der Waals surface area contributed by atoms with E-state index in [1.165, 1.54) is 0 Å². The first kappa shape index (κ1) is 10.3. The molecular weight excluding hydrogens is 178 g/mol. The molecule has 0 heterocycles. The van der Waals surface area contributed by atoms with Crippen molar-refractivity contribution in [3.63, 3.8) is 0 Å². The van der Waals surface area contributed by atoms with Crippen LogP contribution in [0.25, 0.3) is 0 Å². The molecule has 3 nitrogen and oxygen atoms in total. The molecule has 0 saturated carbocycles. The second-order valence-corrected chi connectivity index (χ2v) is 3.11. The van der Waals surface area contributed by atoms with Gasteiger partial charge in [0.15, 0.2) is 0 Å². The van der Waals surface area contributed by atoms with Crippen molar-refractivity contribution in [2.24, 2.45) is 0 Å². The van der Waals surface area contributed by atoms with Crippen LogP contribution >= 0.6 is 0 Å². The number of carboxylic acid groups (broad SMARTS) is 1. The molecular formula is C11H13NO2. The fourth-order valence-electron chi connectivity index (χ4n) is 1.18. The third-order valence-electron chi connectivity index (χ3n) is 1.77. The minimum atomic E-state index is -0.904. The summed E-state index contributed by atoms with van der Waals surface area (Å²) in [5, 5.41) is 11.8. The van der Waals surface area contributed by atoms with E-state index in [2.05, 4.69) is 11.9 Å². The highest BCUT2D eigenvalue weighted by atomic mass is 16.4. The van der Waals surface area contributed by atoms with Gasteiger partial charge in [-0.1, -0.05) is 36.9 Å². The summed E-state index contributed by atoms with van der Waals surface area (Å²) in [6.07, 6.45) is 0. The van der Waals surface area contributed by atoms with Crippen molar-refractivity contribution in [3.05, 3.63) is 48.2 Å². The number of hydrogen-bond donors (Lipinski definition) is 2. The zero-order valence-electron chi connectivity index (χ0n) is 8.03. The first-order valence-electron chi connectivity index (χ1n) is 4.31. The maximum absolute atomic E-state index is 10.9. The zero-order chi connectivity index (χ0) is 10.6. The molecule has 1 unspecified atom stereocenters.